The minimum absolute atomic E-state index is 0.125. The predicted octanol–water partition coefficient (Wildman–Crippen LogP) is 6.87. The van der Waals surface area contributed by atoms with E-state index in [1.54, 1.807) is 13.3 Å². The maximum absolute atomic E-state index is 15.8. The molecule has 1 saturated carbocycles. The van der Waals surface area contributed by atoms with Crippen molar-refractivity contribution in [2.75, 3.05) is 26.7 Å². The number of ether oxygens (including phenoxy) is 1. The first-order chi connectivity index (χ1) is 16.9. The number of nitrogens with zero attached hydrogens (tertiary/aromatic N) is 2. The summed E-state index contributed by atoms with van der Waals surface area (Å²) >= 11 is 0. The molecule has 1 aromatic carbocycles. The van der Waals surface area contributed by atoms with Crippen molar-refractivity contribution in [2.24, 2.45) is 11.3 Å². The van der Waals surface area contributed by atoms with E-state index in [0.717, 1.165) is 54.9 Å². The number of methoxy groups -OCH3 is 1. The zero-order chi connectivity index (χ0) is 24.8. The number of halogens is 1. The molecule has 2 heterocycles. The van der Waals surface area contributed by atoms with Crippen LogP contribution in [0.4, 0.5) is 4.39 Å². The first-order valence-electron chi connectivity index (χ1n) is 13.4. The van der Waals surface area contributed by atoms with Crippen LogP contribution < -0.4 is 4.74 Å². The Bertz CT molecular complexity index is 997. The van der Waals surface area contributed by atoms with E-state index < -0.39 is 12.1 Å². The van der Waals surface area contributed by atoms with Gasteiger partial charge in [-0.25, -0.2) is 4.39 Å². The zero-order valence-corrected chi connectivity index (χ0v) is 21.4. The van der Waals surface area contributed by atoms with Crippen LogP contribution in [0.25, 0.3) is 10.9 Å². The highest BCUT2D eigenvalue weighted by molar-refractivity contribution is 5.84. The molecule has 192 valence electrons. The molecule has 1 N–H and O–H groups in total. The number of pyridine rings is 1. The highest BCUT2D eigenvalue weighted by Crippen LogP contribution is 2.43. The molecule has 1 atom stereocenters. The van der Waals surface area contributed by atoms with Crippen molar-refractivity contribution in [3.8, 4) is 5.75 Å². The van der Waals surface area contributed by atoms with E-state index in [1.165, 1.54) is 38.5 Å². The van der Waals surface area contributed by atoms with Crippen molar-refractivity contribution in [1.29, 1.82) is 0 Å². The summed E-state index contributed by atoms with van der Waals surface area (Å²) < 4.78 is 21.2. The number of carboxylic acid groups (broad SMARTS) is 1. The largest absolute Gasteiger partial charge is 0.497 e. The van der Waals surface area contributed by atoms with Gasteiger partial charge in [0, 0.05) is 11.6 Å². The highest BCUT2D eigenvalue weighted by atomic mass is 19.1. The topological polar surface area (TPSA) is 62.7 Å². The number of fused-ring (bicyclic) bond motifs is 1. The number of benzene rings is 1. The number of alkyl halides is 1. The molecule has 2 aromatic rings. The van der Waals surface area contributed by atoms with E-state index in [1.807, 2.05) is 25.1 Å². The Hall–Kier alpha value is -2.21. The van der Waals surface area contributed by atoms with Crippen LogP contribution in [0.1, 0.15) is 87.9 Å². The number of likely N-dealkylation sites (tertiary alicyclic amines) is 1. The summed E-state index contributed by atoms with van der Waals surface area (Å²) in [5, 5.41) is 10.4. The highest BCUT2D eigenvalue weighted by Gasteiger charge is 2.37. The number of hydrogen-bond acceptors (Lipinski definition) is 4. The van der Waals surface area contributed by atoms with Crippen LogP contribution in [0.5, 0.6) is 5.75 Å². The molecule has 2 aliphatic rings. The van der Waals surface area contributed by atoms with Gasteiger partial charge in [0.05, 0.1) is 19.0 Å². The van der Waals surface area contributed by atoms with Gasteiger partial charge in [0.1, 0.15) is 11.9 Å². The second-order valence-corrected chi connectivity index (χ2v) is 10.9. The third-order valence-electron chi connectivity index (χ3n) is 8.58. The predicted molar refractivity (Wildman–Crippen MR) is 138 cm³/mol. The summed E-state index contributed by atoms with van der Waals surface area (Å²) in [6.07, 6.45) is 11.4. The summed E-state index contributed by atoms with van der Waals surface area (Å²) in [6.45, 7) is 4.85. The van der Waals surface area contributed by atoms with E-state index in [9.17, 15) is 9.90 Å². The first kappa shape index (κ1) is 25.9. The Morgan fingerprint density at radius 1 is 1.26 bits per heavy atom. The number of rotatable bonds is 10. The van der Waals surface area contributed by atoms with Gasteiger partial charge in [0.15, 0.2) is 0 Å². The molecule has 1 saturated heterocycles. The quantitative estimate of drug-likeness (QED) is 0.399. The molecule has 35 heavy (non-hydrogen) atoms. The van der Waals surface area contributed by atoms with Crippen LogP contribution in [0.15, 0.2) is 24.4 Å². The fourth-order valence-electron chi connectivity index (χ4n) is 6.34. The van der Waals surface area contributed by atoms with Gasteiger partial charge in [0.25, 0.3) is 0 Å². The average Bonchev–Trinajstić information content (AvgIpc) is 2.87. The second-order valence-electron chi connectivity index (χ2n) is 10.9. The molecular formula is C29H41FN2O3. The molecule has 5 nitrogen and oxygen atoms in total. The molecule has 6 heteroatoms. The standard InChI is InChI=1S/C29H41FN2O3/c1-21-20-31-26-9-8-23(35-2)18-24(26)28(21)25(30)10-12-29(19-27(33)34)13-16-32(17-14-29)15-11-22-6-4-3-5-7-22/h8-9,18,20,22,25H,3-7,10-17,19H2,1-2H3,(H,33,34)/t25-/m1/s1. The van der Waals surface area contributed by atoms with E-state index in [4.69, 9.17) is 4.74 Å². The first-order valence-corrected chi connectivity index (χ1v) is 13.4. The monoisotopic (exact) mass is 484 g/mol. The molecule has 0 unspecified atom stereocenters. The van der Waals surface area contributed by atoms with Crippen LogP contribution in [-0.4, -0.2) is 47.7 Å². The molecule has 4 rings (SSSR count). The SMILES string of the molecule is COc1ccc2ncc(C)c([C@H](F)CCC3(CC(=O)O)CCN(CCC4CCCCC4)CC3)c2c1. The lowest BCUT2D eigenvalue weighted by Gasteiger charge is -2.42. The molecule has 0 radical (unpaired) electrons. The average molecular weight is 485 g/mol. The van der Waals surface area contributed by atoms with Gasteiger partial charge in [-0.1, -0.05) is 32.1 Å². The maximum Gasteiger partial charge on any atom is 0.303 e. The molecule has 0 amide bonds. The van der Waals surface area contributed by atoms with Crippen molar-refractivity contribution in [3.63, 3.8) is 0 Å². The minimum atomic E-state index is -1.16. The fourth-order valence-corrected chi connectivity index (χ4v) is 6.34. The lowest BCUT2D eigenvalue weighted by Crippen LogP contribution is -2.42. The summed E-state index contributed by atoms with van der Waals surface area (Å²) in [4.78, 5) is 18.7. The molecule has 1 aliphatic heterocycles. The lowest BCUT2D eigenvalue weighted by molar-refractivity contribution is -0.141. The number of carboxylic acids is 1. The fraction of sp³-hybridized carbons (Fsp3) is 0.655. The van der Waals surface area contributed by atoms with E-state index in [-0.39, 0.29) is 11.8 Å². The normalized spacial score (nSPS) is 20.1. The number of aromatic nitrogens is 1. The van der Waals surface area contributed by atoms with Crippen molar-refractivity contribution >= 4 is 16.9 Å². The van der Waals surface area contributed by atoms with Gasteiger partial charge < -0.3 is 14.7 Å². The van der Waals surface area contributed by atoms with E-state index >= 15 is 4.39 Å². The van der Waals surface area contributed by atoms with Crippen molar-refractivity contribution in [1.82, 2.24) is 9.88 Å². The lowest BCUT2D eigenvalue weighted by atomic mass is 9.71. The van der Waals surface area contributed by atoms with Crippen LogP contribution in [0, 0.1) is 18.3 Å². The Morgan fingerprint density at radius 2 is 2.00 bits per heavy atom. The zero-order valence-electron chi connectivity index (χ0n) is 21.4. The van der Waals surface area contributed by atoms with Crippen LogP contribution in [-0.2, 0) is 4.79 Å². The molecule has 2 fully saturated rings. The Morgan fingerprint density at radius 3 is 2.69 bits per heavy atom. The van der Waals surface area contributed by atoms with Crippen molar-refractivity contribution in [2.45, 2.75) is 83.7 Å². The molecule has 0 spiro atoms. The number of piperidine rings is 1. The second kappa shape index (κ2) is 11.7. The third-order valence-corrected chi connectivity index (χ3v) is 8.58. The Balaban J connectivity index is 1.40. The third kappa shape index (κ3) is 6.52. The maximum atomic E-state index is 15.8. The smallest absolute Gasteiger partial charge is 0.303 e. The van der Waals surface area contributed by atoms with Gasteiger partial charge >= 0.3 is 5.97 Å². The molecule has 0 bridgehead atoms. The molecule has 1 aromatic heterocycles. The summed E-state index contributed by atoms with van der Waals surface area (Å²) in [6, 6.07) is 5.56. The van der Waals surface area contributed by atoms with Crippen molar-refractivity contribution < 1.29 is 19.0 Å². The molecular weight excluding hydrogens is 443 g/mol. The van der Waals surface area contributed by atoms with Crippen LogP contribution >= 0.6 is 0 Å². The van der Waals surface area contributed by atoms with Crippen LogP contribution in [0.2, 0.25) is 0 Å². The van der Waals surface area contributed by atoms with Gasteiger partial charge in [-0.15, -0.1) is 0 Å². The minimum Gasteiger partial charge on any atom is -0.497 e. The van der Waals surface area contributed by atoms with E-state index in [0.29, 0.717) is 24.2 Å². The number of aliphatic carboxylic acids is 1. The number of aryl methyl sites for hydroxylation is 1. The summed E-state index contributed by atoms with van der Waals surface area (Å²) in [5.41, 5.74) is 1.90. The van der Waals surface area contributed by atoms with Crippen molar-refractivity contribution in [3.05, 3.63) is 35.5 Å². The summed E-state index contributed by atoms with van der Waals surface area (Å²) in [7, 11) is 1.61. The van der Waals surface area contributed by atoms with Gasteiger partial charge in [0.2, 0.25) is 0 Å². The summed E-state index contributed by atoms with van der Waals surface area (Å²) in [5.74, 6) is 0.770. The van der Waals surface area contributed by atoms with Gasteiger partial charge in [-0.05, 0) is 99.3 Å². The van der Waals surface area contributed by atoms with E-state index in [2.05, 4.69) is 9.88 Å². The number of carbonyl (C=O) groups is 1. The van der Waals surface area contributed by atoms with Gasteiger partial charge in [-0.2, -0.15) is 0 Å². The number of hydrogen-bond donors (Lipinski definition) is 1. The van der Waals surface area contributed by atoms with Crippen LogP contribution in [0.3, 0.4) is 0 Å². The Kier molecular flexibility index (Phi) is 8.64. The molecule has 1 aliphatic carbocycles. The Labute approximate surface area is 209 Å². The van der Waals surface area contributed by atoms with Gasteiger partial charge in [-0.3, -0.25) is 9.78 Å².